The Morgan fingerprint density at radius 3 is 2.73 bits per heavy atom. The Kier molecular flexibility index (Phi) is 2.52. The number of anilines is 1. The van der Waals surface area contributed by atoms with Crippen LogP contribution in [0, 0.1) is 0 Å². The first-order valence-electron chi connectivity index (χ1n) is 4.11. The maximum atomic E-state index is 5.66. The molecule has 0 saturated carbocycles. The maximum Gasteiger partial charge on any atom is 0.148 e. The van der Waals surface area contributed by atoms with Gasteiger partial charge in [0.2, 0.25) is 0 Å². The van der Waals surface area contributed by atoms with Crippen molar-refractivity contribution in [3.8, 4) is 0 Å². The molecule has 0 amide bonds. The van der Waals surface area contributed by atoms with Gasteiger partial charge in [0.05, 0.1) is 0 Å². The van der Waals surface area contributed by atoms with Crippen LogP contribution in [-0.2, 0) is 12.8 Å². The fourth-order valence-corrected chi connectivity index (χ4v) is 1.24. The van der Waals surface area contributed by atoms with Gasteiger partial charge < -0.3 is 5.73 Å². The molecule has 3 N–H and O–H groups in total. The van der Waals surface area contributed by atoms with Gasteiger partial charge in [-0.1, -0.05) is 20.3 Å². The van der Waals surface area contributed by atoms with Gasteiger partial charge in [0.25, 0.3) is 0 Å². The molecule has 1 aromatic heterocycles. The van der Waals surface area contributed by atoms with Crippen molar-refractivity contribution in [2.75, 3.05) is 5.73 Å². The smallest absolute Gasteiger partial charge is 0.148 e. The first-order chi connectivity index (χ1) is 5.29. The van der Waals surface area contributed by atoms with Gasteiger partial charge in [-0.2, -0.15) is 5.10 Å². The molecule has 0 aliphatic rings. The highest BCUT2D eigenvalue weighted by Crippen LogP contribution is 2.15. The molecule has 1 rings (SSSR count). The topological polar surface area (TPSA) is 54.7 Å². The number of nitrogens with one attached hydrogen (secondary N) is 1. The summed E-state index contributed by atoms with van der Waals surface area (Å²) in [5, 5.41) is 6.89. The summed E-state index contributed by atoms with van der Waals surface area (Å²) < 4.78 is 0. The Morgan fingerprint density at radius 2 is 2.18 bits per heavy atom. The van der Waals surface area contributed by atoms with Crippen molar-refractivity contribution in [1.29, 1.82) is 0 Å². The lowest BCUT2D eigenvalue weighted by Gasteiger charge is -1.97. The Hall–Kier alpha value is -0.990. The lowest BCUT2D eigenvalue weighted by molar-refractivity contribution is 0.892. The van der Waals surface area contributed by atoms with Crippen molar-refractivity contribution in [2.45, 2.75) is 33.1 Å². The van der Waals surface area contributed by atoms with Gasteiger partial charge in [-0.05, 0) is 12.8 Å². The molecular formula is C8H15N3. The number of aromatic amines is 1. The second kappa shape index (κ2) is 3.42. The van der Waals surface area contributed by atoms with Crippen LogP contribution < -0.4 is 5.73 Å². The van der Waals surface area contributed by atoms with E-state index in [0.717, 1.165) is 19.3 Å². The third-order valence-electron chi connectivity index (χ3n) is 1.84. The van der Waals surface area contributed by atoms with Crippen LogP contribution >= 0.6 is 0 Å². The Morgan fingerprint density at radius 1 is 1.45 bits per heavy atom. The third kappa shape index (κ3) is 1.53. The molecule has 0 aliphatic heterocycles. The summed E-state index contributed by atoms with van der Waals surface area (Å²) in [6.45, 7) is 4.25. The monoisotopic (exact) mass is 153 g/mol. The van der Waals surface area contributed by atoms with Crippen molar-refractivity contribution in [1.82, 2.24) is 10.2 Å². The molecule has 0 unspecified atom stereocenters. The molecule has 0 spiro atoms. The third-order valence-corrected chi connectivity index (χ3v) is 1.84. The molecule has 1 aromatic rings. The summed E-state index contributed by atoms with van der Waals surface area (Å²) in [6.07, 6.45) is 3.14. The van der Waals surface area contributed by atoms with Crippen LogP contribution in [-0.4, -0.2) is 10.2 Å². The minimum Gasteiger partial charge on any atom is -0.382 e. The molecule has 3 heteroatoms. The van der Waals surface area contributed by atoms with E-state index >= 15 is 0 Å². The van der Waals surface area contributed by atoms with Crippen molar-refractivity contribution in [3.05, 3.63) is 11.3 Å². The van der Waals surface area contributed by atoms with E-state index in [0.29, 0.717) is 5.82 Å². The number of nitrogen functional groups attached to an aromatic ring is 1. The summed E-state index contributed by atoms with van der Waals surface area (Å²) in [5.74, 6) is 0.670. The molecule has 0 atom stereocenters. The fraction of sp³-hybridized carbons (Fsp3) is 0.625. The molecule has 1 heterocycles. The van der Waals surface area contributed by atoms with E-state index in [1.54, 1.807) is 0 Å². The highest BCUT2D eigenvalue weighted by Gasteiger charge is 2.06. The summed E-state index contributed by atoms with van der Waals surface area (Å²) in [6, 6.07) is 0. The minimum absolute atomic E-state index is 0.670. The van der Waals surface area contributed by atoms with Crippen LogP contribution in [0.5, 0.6) is 0 Å². The lowest BCUT2D eigenvalue weighted by atomic mass is 10.1. The standard InChI is InChI=1S/C8H15N3/c1-3-5-6-7(4-2)10-11-8(6)9/h3-5H2,1-2H3,(H3,9,10,11). The average molecular weight is 153 g/mol. The Labute approximate surface area is 67.0 Å². The number of H-pyrrole nitrogens is 1. The van der Waals surface area contributed by atoms with Crippen LogP contribution in [0.3, 0.4) is 0 Å². The molecule has 0 fully saturated rings. The van der Waals surface area contributed by atoms with E-state index in [-0.39, 0.29) is 0 Å². The molecule has 0 radical (unpaired) electrons. The highest BCUT2D eigenvalue weighted by atomic mass is 15.2. The molecule has 11 heavy (non-hydrogen) atoms. The van der Waals surface area contributed by atoms with Crippen LogP contribution in [0.4, 0.5) is 5.82 Å². The molecule has 62 valence electrons. The highest BCUT2D eigenvalue weighted by molar-refractivity contribution is 5.41. The Bertz CT molecular complexity index is 227. The van der Waals surface area contributed by atoms with Gasteiger partial charge in [-0.25, -0.2) is 0 Å². The molecule has 0 aromatic carbocycles. The second-order valence-corrected chi connectivity index (χ2v) is 2.67. The molecular weight excluding hydrogens is 138 g/mol. The number of hydrogen-bond donors (Lipinski definition) is 2. The van der Waals surface area contributed by atoms with Gasteiger partial charge in [0, 0.05) is 11.3 Å². The quantitative estimate of drug-likeness (QED) is 0.691. The zero-order valence-corrected chi connectivity index (χ0v) is 7.15. The number of aromatic nitrogens is 2. The van der Waals surface area contributed by atoms with E-state index < -0.39 is 0 Å². The average Bonchev–Trinajstić information content (AvgIpc) is 2.34. The summed E-state index contributed by atoms with van der Waals surface area (Å²) >= 11 is 0. The van der Waals surface area contributed by atoms with Crippen LogP contribution in [0.2, 0.25) is 0 Å². The van der Waals surface area contributed by atoms with Gasteiger partial charge in [0.15, 0.2) is 0 Å². The van der Waals surface area contributed by atoms with Crippen molar-refractivity contribution in [3.63, 3.8) is 0 Å². The maximum absolute atomic E-state index is 5.66. The zero-order chi connectivity index (χ0) is 8.27. The van der Waals surface area contributed by atoms with Crippen LogP contribution in [0.25, 0.3) is 0 Å². The predicted octanol–water partition coefficient (Wildman–Crippen LogP) is 1.51. The normalized spacial score (nSPS) is 10.4. The number of nitrogens with two attached hydrogens (primary N) is 1. The van der Waals surface area contributed by atoms with E-state index in [1.165, 1.54) is 11.3 Å². The minimum atomic E-state index is 0.670. The van der Waals surface area contributed by atoms with E-state index in [9.17, 15) is 0 Å². The van der Waals surface area contributed by atoms with Crippen LogP contribution in [0.15, 0.2) is 0 Å². The summed E-state index contributed by atoms with van der Waals surface area (Å²) in [5.41, 5.74) is 8.05. The lowest BCUT2D eigenvalue weighted by Crippen LogP contribution is -1.93. The number of aryl methyl sites for hydroxylation is 1. The van der Waals surface area contributed by atoms with E-state index in [4.69, 9.17) is 5.73 Å². The number of hydrogen-bond acceptors (Lipinski definition) is 2. The van der Waals surface area contributed by atoms with Gasteiger partial charge >= 0.3 is 0 Å². The predicted molar refractivity (Wildman–Crippen MR) is 46.4 cm³/mol. The molecule has 3 nitrogen and oxygen atoms in total. The molecule has 0 saturated heterocycles. The zero-order valence-electron chi connectivity index (χ0n) is 7.15. The number of rotatable bonds is 3. The largest absolute Gasteiger partial charge is 0.382 e. The van der Waals surface area contributed by atoms with Crippen molar-refractivity contribution >= 4 is 5.82 Å². The second-order valence-electron chi connectivity index (χ2n) is 2.67. The summed E-state index contributed by atoms with van der Waals surface area (Å²) in [4.78, 5) is 0. The molecule has 0 bridgehead atoms. The van der Waals surface area contributed by atoms with Crippen LogP contribution in [0.1, 0.15) is 31.5 Å². The molecule has 0 aliphatic carbocycles. The first kappa shape index (κ1) is 8.11. The van der Waals surface area contributed by atoms with Crippen molar-refractivity contribution in [2.24, 2.45) is 0 Å². The van der Waals surface area contributed by atoms with E-state index in [2.05, 4.69) is 24.0 Å². The first-order valence-corrected chi connectivity index (χ1v) is 4.11. The Balaban J connectivity index is 2.88. The number of nitrogens with zero attached hydrogens (tertiary/aromatic N) is 1. The van der Waals surface area contributed by atoms with Crippen molar-refractivity contribution < 1.29 is 0 Å². The van der Waals surface area contributed by atoms with E-state index in [1.807, 2.05) is 0 Å². The summed E-state index contributed by atoms with van der Waals surface area (Å²) in [7, 11) is 0. The van der Waals surface area contributed by atoms with Gasteiger partial charge in [0.1, 0.15) is 5.82 Å². The SMILES string of the molecule is CCCc1c(N)n[nH]c1CC. The fourth-order valence-electron chi connectivity index (χ4n) is 1.24. The van der Waals surface area contributed by atoms with Gasteiger partial charge in [-0.15, -0.1) is 0 Å². The van der Waals surface area contributed by atoms with Gasteiger partial charge in [-0.3, -0.25) is 5.10 Å².